The number of hydrogen-bond acceptors (Lipinski definition) is 3. The summed E-state index contributed by atoms with van der Waals surface area (Å²) in [4.78, 5) is 0. The molecule has 0 aliphatic rings. The molecule has 0 radical (unpaired) electrons. The molecule has 1 aromatic heterocycles. The van der Waals surface area contributed by atoms with Crippen LogP contribution in [0.5, 0.6) is 0 Å². The lowest BCUT2D eigenvalue weighted by Crippen LogP contribution is -2.15. The van der Waals surface area contributed by atoms with Crippen LogP contribution in [0, 0.1) is 0 Å². The molecule has 16 heavy (non-hydrogen) atoms. The van der Waals surface area contributed by atoms with E-state index in [9.17, 15) is 0 Å². The SMILES string of the molecule is CCCNCC/C=C/c1cnnn1CCC. The fourth-order valence-electron chi connectivity index (χ4n) is 1.47. The molecular weight excluding hydrogens is 200 g/mol. The molecule has 0 aliphatic carbocycles. The summed E-state index contributed by atoms with van der Waals surface area (Å²) >= 11 is 0. The van der Waals surface area contributed by atoms with Crippen LogP contribution in [0.2, 0.25) is 0 Å². The van der Waals surface area contributed by atoms with Crippen molar-refractivity contribution in [1.29, 1.82) is 0 Å². The van der Waals surface area contributed by atoms with Crippen molar-refractivity contribution in [3.63, 3.8) is 0 Å². The van der Waals surface area contributed by atoms with Gasteiger partial charge in [-0.25, -0.2) is 4.68 Å². The standard InChI is InChI=1S/C12H22N4/c1-3-8-13-9-6-5-7-12-11-14-15-16(12)10-4-2/h5,7,11,13H,3-4,6,8-10H2,1-2H3/b7-5+. The Balaban J connectivity index is 2.29. The van der Waals surface area contributed by atoms with Gasteiger partial charge in [-0.2, -0.15) is 0 Å². The fourth-order valence-corrected chi connectivity index (χ4v) is 1.47. The normalized spacial score (nSPS) is 11.4. The zero-order valence-corrected chi connectivity index (χ0v) is 10.3. The zero-order valence-electron chi connectivity index (χ0n) is 10.3. The van der Waals surface area contributed by atoms with Gasteiger partial charge in [0.15, 0.2) is 0 Å². The van der Waals surface area contributed by atoms with Crippen LogP contribution < -0.4 is 5.32 Å². The summed E-state index contributed by atoms with van der Waals surface area (Å²) in [7, 11) is 0. The first-order valence-corrected chi connectivity index (χ1v) is 6.14. The van der Waals surface area contributed by atoms with Crippen molar-refractivity contribution >= 4 is 6.08 Å². The summed E-state index contributed by atoms with van der Waals surface area (Å²) in [6, 6.07) is 0. The number of aryl methyl sites for hydroxylation is 1. The van der Waals surface area contributed by atoms with E-state index in [1.807, 2.05) is 10.9 Å². The van der Waals surface area contributed by atoms with Gasteiger partial charge in [0.05, 0.1) is 11.9 Å². The third-order valence-corrected chi connectivity index (χ3v) is 2.29. The molecule has 0 saturated heterocycles. The number of hydrogen-bond donors (Lipinski definition) is 1. The van der Waals surface area contributed by atoms with Gasteiger partial charge in [0, 0.05) is 6.54 Å². The number of nitrogens with zero attached hydrogens (tertiary/aromatic N) is 3. The Hall–Kier alpha value is -1.16. The van der Waals surface area contributed by atoms with Crippen molar-refractivity contribution in [3.05, 3.63) is 18.0 Å². The first kappa shape index (κ1) is 12.9. The summed E-state index contributed by atoms with van der Waals surface area (Å²) in [6.45, 7) is 7.40. The first-order chi connectivity index (χ1) is 7.88. The van der Waals surface area contributed by atoms with E-state index in [0.717, 1.165) is 38.2 Å². The molecule has 1 rings (SSSR count). The van der Waals surface area contributed by atoms with E-state index in [4.69, 9.17) is 0 Å². The maximum Gasteiger partial charge on any atom is 0.0810 e. The number of rotatable bonds is 8. The van der Waals surface area contributed by atoms with E-state index in [1.165, 1.54) is 6.42 Å². The highest BCUT2D eigenvalue weighted by Gasteiger charge is 1.97. The van der Waals surface area contributed by atoms with E-state index in [0.29, 0.717) is 0 Å². The smallest absolute Gasteiger partial charge is 0.0810 e. The van der Waals surface area contributed by atoms with Gasteiger partial charge in [0.25, 0.3) is 0 Å². The molecule has 1 heterocycles. The number of nitrogens with one attached hydrogen (secondary N) is 1. The van der Waals surface area contributed by atoms with Crippen LogP contribution in [0.15, 0.2) is 12.3 Å². The van der Waals surface area contributed by atoms with Crippen LogP contribution in [0.4, 0.5) is 0 Å². The second-order valence-electron chi connectivity index (χ2n) is 3.82. The Morgan fingerprint density at radius 1 is 1.31 bits per heavy atom. The molecule has 4 nitrogen and oxygen atoms in total. The molecule has 90 valence electrons. The van der Waals surface area contributed by atoms with E-state index in [1.54, 1.807) is 0 Å². The van der Waals surface area contributed by atoms with Crippen LogP contribution >= 0.6 is 0 Å². The highest BCUT2D eigenvalue weighted by atomic mass is 15.4. The van der Waals surface area contributed by atoms with E-state index >= 15 is 0 Å². The average molecular weight is 222 g/mol. The molecule has 0 bridgehead atoms. The average Bonchev–Trinajstić information content (AvgIpc) is 2.72. The molecule has 0 fully saturated rings. The predicted octanol–water partition coefficient (Wildman–Crippen LogP) is 2.09. The van der Waals surface area contributed by atoms with Gasteiger partial charge in [-0.15, -0.1) is 5.10 Å². The third-order valence-electron chi connectivity index (χ3n) is 2.29. The molecule has 0 unspecified atom stereocenters. The van der Waals surface area contributed by atoms with Gasteiger partial charge in [-0.1, -0.05) is 25.1 Å². The van der Waals surface area contributed by atoms with Crippen LogP contribution in [0.1, 0.15) is 38.8 Å². The van der Waals surface area contributed by atoms with Crippen LogP contribution in [-0.4, -0.2) is 28.1 Å². The van der Waals surface area contributed by atoms with E-state index < -0.39 is 0 Å². The first-order valence-electron chi connectivity index (χ1n) is 6.14. The summed E-state index contributed by atoms with van der Waals surface area (Å²) < 4.78 is 1.94. The molecule has 0 amide bonds. The summed E-state index contributed by atoms with van der Waals surface area (Å²) in [6.07, 6.45) is 9.42. The largest absolute Gasteiger partial charge is 0.316 e. The van der Waals surface area contributed by atoms with Gasteiger partial charge in [0.2, 0.25) is 0 Å². The lowest BCUT2D eigenvalue weighted by Gasteiger charge is -2.00. The minimum Gasteiger partial charge on any atom is -0.316 e. The van der Waals surface area contributed by atoms with Crippen molar-refractivity contribution in [3.8, 4) is 0 Å². The Morgan fingerprint density at radius 2 is 2.19 bits per heavy atom. The van der Waals surface area contributed by atoms with Crippen molar-refractivity contribution in [1.82, 2.24) is 20.3 Å². The lowest BCUT2D eigenvalue weighted by atomic mass is 10.3. The highest BCUT2D eigenvalue weighted by molar-refractivity contribution is 5.42. The second-order valence-corrected chi connectivity index (χ2v) is 3.82. The Morgan fingerprint density at radius 3 is 2.94 bits per heavy atom. The second kappa shape index (κ2) is 8.05. The van der Waals surface area contributed by atoms with Gasteiger partial charge in [-0.3, -0.25) is 0 Å². The molecular formula is C12H22N4. The number of aromatic nitrogens is 3. The summed E-state index contributed by atoms with van der Waals surface area (Å²) in [5, 5.41) is 11.3. The van der Waals surface area contributed by atoms with Crippen LogP contribution in [0.25, 0.3) is 6.08 Å². The Bertz CT molecular complexity index is 304. The monoisotopic (exact) mass is 222 g/mol. The minimum atomic E-state index is 0.938. The van der Waals surface area contributed by atoms with E-state index in [-0.39, 0.29) is 0 Å². The Labute approximate surface area is 97.7 Å². The quantitative estimate of drug-likeness (QED) is 0.685. The maximum absolute atomic E-state index is 4.03. The Kier molecular flexibility index (Phi) is 6.49. The van der Waals surface area contributed by atoms with Crippen molar-refractivity contribution in [2.24, 2.45) is 0 Å². The van der Waals surface area contributed by atoms with Gasteiger partial charge in [0.1, 0.15) is 0 Å². The topological polar surface area (TPSA) is 42.7 Å². The molecule has 0 aliphatic heterocycles. The molecule has 0 atom stereocenters. The maximum atomic E-state index is 4.03. The molecule has 4 heteroatoms. The minimum absolute atomic E-state index is 0.938. The molecule has 1 N–H and O–H groups in total. The van der Waals surface area contributed by atoms with Crippen molar-refractivity contribution < 1.29 is 0 Å². The van der Waals surface area contributed by atoms with Crippen molar-refractivity contribution in [2.45, 2.75) is 39.7 Å². The predicted molar refractivity (Wildman–Crippen MR) is 67.1 cm³/mol. The third kappa shape index (κ3) is 4.57. The zero-order chi connectivity index (χ0) is 11.6. The lowest BCUT2D eigenvalue weighted by molar-refractivity contribution is 0.575. The highest BCUT2D eigenvalue weighted by Crippen LogP contribution is 2.01. The van der Waals surface area contributed by atoms with Gasteiger partial charge < -0.3 is 5.32 Å². The molecule has 0 aromatic carbocycles. The van der Waals surface area contributed by atoms with Gasteiger partial charge in [-0.05, 0) is 38.4 Å². The van der Waals surface area contributed by atoms with Gasteiger partial charge >= 0.3 is 0 Å². The molecule has 1 aromatic rings. The fraction of sp³-hybridized carbons (Fsp3) is 0.667. The molecule has 0 saturated carbocycles. The van der Waals surface area contributed by atoms with Crippen LogP contribution in [-0.2, 0) is 6.54 Å². The van der Waals surface area contributed by atoms with Crippen molar-refractivity contribution in [2.75, 3.05) is 13.1 Å². The summed E-state index contributed by atoms with van der Waals surface area (Å²) in [5.41, 5.74) is 1.09. The summed E-state index contributed by atoms with van der Waals surface area (Å²) in [5.74, 6) is 0. The van der Waals surface area contributed by atoms with E-state index in [2.05, 4.69) is 41.6 Å². The molecule has 0 spiro atoms. The van der Waals surface area contributed by atoms with Crippen LogP contribution in [0.3, 0.4) is 0 Å².